The van der Waals surface area contributed by atoms with Gasteiger partial charge >= 0.3 is 0 Å². The van der Waals surface area contributed by atoms with E-state index in [0.29, 0.717) is 11.1 Å². The maximum Gasteiger partial charge on any atom is 0.193 e. The van der Waals surface area contributed by atoms with Crippen LogP contribution in [0.5, 0.6) is 0 Å². The molecule has 0 aromatic heterocycles. The number of sulfone groups is 1. The van der Waals surface area contributed by atoms with Crippen LogP contribution in [0.4, 0.5) is 0 Å². The molecule has 0 aliphatic rings. The van der Waals surface area contributed by atoms with Gasteiger partial charge in [0.25, 0.3) is 0 Å². The van der Waals surface area contributed by atoms with Gasteiger partial charge in [0, 0.05) is 21.9 Å². The molecule has 0 radical (unpaired) electrons. The molecule has 0 unspecified atom stereocenters. The summed E-state index contributed by atoms with van der Waals surface area (Å²) in [6.45, 7) is 0. The van der Waals surface area contributed by atoms with Crippen LogP contribution in [-0.4, -0.2) is 20.5 Å². The normalized spacial score (nSPS) is 11.3. The fourth-order valence-corrected chi connectivity index (χ4v) is 2.68. The lowest BCUT2D eigenvalue weighted by Crippen LogP contribution is -2.02. The molecule has 0 bridgehead atoms. The predicted molar refractivity (Wildman–Crippen MR) is 77.1 cm³/mol. The average molecular weight is 339 g/mol. The van der Waals surface area contributed by atoms with E-state index in [9.17, 15) is 13.2 Å². The lowest BCUT2D eigenvalue weighted by molar-refractivity contribution is 0.103. The summed E-state index contributed by atoms with van der Waals surface area (Å²) in [5.74, 6) is -0.138. The summed E-state index contributed by atoms with van der Waals surface area (Å²) < 4.78 is 23.5. The van der Waals surface area contributed by atoms with Crippen LogP contribution in [0.2, 0.25) is 0 Å². The van der Waals surface area contributed by atoms with Crippen molar-refractivity contribution >= 4 is 31.6 Å². The SMILES string of the molecule is CS(=O)(=O)c1ccc(C(=O)c2cccc(Br)c2)cc1. The van der Waals surface area contributed by atoms with Gasteiger partial charge in [0.1, 0.15) is 0 Å². The second-order valence-corrected chi connectivity index (χ2v) is 7.07. The molecule has 0 spiro atoms. The van der Waals surface area contributed by atoms with E-state index in [-0.39, 0.29) is 10.7 Å². The van der Waals surface area contributed by atoms with Gasteiger partial charge in [0.05, 0.1) is 4.90 Å². The van der Waals surface area contributed by atoms with Gasteiger partial charge in [-0.1, -0.05) is 28.1 Å². The molecule has 5 heteroatoms. The number of halogens is 1. The molecule has 0 N–H and O–H groups in total. The van der Waals surface area contributed by atoms with Crippen LogP contribution >= 0.6 is 15.9 Å². The van der Waals surface area contributed by atoms with E-state index < -0.39 is 9.84 Å². The Labute approximate surface area is 120 Å². The van der Waals surface area contributed by atoms with Crippen molar-refractivity contribution in [2.75, 3.05) is 6.26 Å². The lowest BCUT2D eigenvalue weighted by atomic mass is 10.0. The molecule has 0 amide bonds. The van der Waals surface area contributed by atoms with Gasteiger partial charge in [0.2, 0.25) is 0 Å². The van der Waals surface area contributed by atoms with Crippen LogP contribution in [0.25, 0.3) is 0 Å². The van der Waals surface area contributed by atoms with Gasteiger partial charge < -0.3 is 0 Å². The first kappa shape index (κ1) is 14.0. The molecule has 0 aliphatic carbocycles. The summed E-state index contributed by atoms with van der Waals surface area (Å²) in [7, 11) is -3.24. The Balaban J connectivity index is 2.35. The molecule has 19 heavy (non-hydrogen) atoms. The highest BCUT2D eigenvalue weighted by Gasteiger charge is 2.11. The Bertz CT molecular complexity index is 719. The van der Waals surface area contributed by atoms with E-state index in [0.717, 1.165) is 10.7 Å². The van der Waals surface area contributed by atoms with Crippen LogP contribution in [0.3, 0.4) is 0 Å². The van der Waals surface area contributed by atoms with Crippen molar-refractivity contribution in [3.8, 4) is 0 Å². The monoisotopic (exact) mass is 338 g/mol. The van der Waals surface area contributed by atoms with Crippen molar-refractivity contribution in [2.24, 2.45) is 0 Å². The molecule has 0 saturated carbocycles. The third kappa shape index (κ3) is 3.30. The standard InChI is InChI=1S/C14H11BrO3S/c1-19(17,18)13-7-5-10(6-8-13)14(16)11-3-2-4-12(15)9-11/h2-9H,1H3. The number of hydrogen-bond donors (Lipinski definition) is 0. The van der Waals surface area contributed by atoms with Gasteiger partial charge in [0.15, 0.2) is 15.6 Å². The van der Waals surface area contributed by atoms with Crippen molar-refractivity contribution in [2.45, 2.75) is 4.90 Å². The highest BCUT2D eigenvalue weighted by atomic mass is 79.9. The van der Waals surface area contributed by atoms with Gasteiger partial charge in [-0.25, -0.2) is 8.42 Å². The summed E-state index contributed by atoms with van der Waals surface area (Å²) >= 11 is 3.31. The number of benzene rings is 2. The Morgan fingerprint density at radius 1 is 1.00 bits per heavy atom. The van der Waals surface area contributed by atoms with Gasteiger partial charge in [-0.15, -0.1) is 0 Å². The van der Waals surface area contributed by atoms with E-state index in [2.05, 4.69) is 15.9 Å². The molecular weight excluding hydrogens is 328 g/mol. The molecule has 2 aromatic rings. The maximum atomic E-state index is 12.2. The van der Waals surface area contributed by atoms with Crippen molar-refractivity contribution in [1.29, 1.82) is 0 Å². The van der Waals surface area contributed by atoms with E-state index in [1.54, 1.807) is 18.2 Å². The number of hydrogen-bond acceptors (Lipinski definition) is 3. The van der Waals surface area contributed by atoms with E-state index >= 15 is 0 Å². The zero-order valence-electron chi connectivity index (χ0n) is 10.1. The van der Waals surface area contributed by atoms with Crippen molar-refractivity contribution in [1.82, 2.24) is 0 Å². The summed E-state index contributed by atoms with van der Waals surface area (Å²) in [6.07, 6.45) is 1.14. The van der Waals surface area contributed by atoms with Crippen molar-refractivity contribution in [3.05, 3.63) is 64.1 Å². The Morgan fingerprint density at radius 2 is 1.63 bits per heavy atom. The molecule has 0 fully saturated rings. The van der Waals surface area contributed by atoms with Crippen LogP contribution in [-0.2, 0) is 9.84 Å². The molecule has 98 valence electrons. The highest BCUT2D eigenvalue weighted by Crippen LogP contribution is 2.17. The van der Waals surface area contributed by atoms with E-state index in [4.69, 9.17) is 0 Å². The number of rotatable bonds is 3. The summed E-state index contributed by atoms with van der Waals surface area (Å²) in [5.41, 5.74) is 1.02. The van der Waals surface area contributed by atoms with E-state index in [1.807, 2.05) is 6.07 Å². The quantitative estimate of drug-likeness (QED) is 0.808. The minimum absolute atomic E-state index is 0.138. The van der Waals surface area contributed by atoms with Crippen LogP contribution in [0, 0.1) is 0 Å². The summed E-state index contributed by atoms with van der Waals surface area (Å²) in [4.78, 5) is 12.4. The first-order valence-electron chi connectivity index (χ1n) is 5.48. The molecule has 0 saturated heterocycles. The third-order valence-electron chi connectivity index (χ3n) is 2.63. The minimum atomic E-state index is -3.24. The first-order valence-corrected chi connectivity index (χ1v) is 8.17. The van der Waals surface area contributed by atoms with Crippen LogP contribution in [0.15, 0.2) is 57.9 Å². The van der Waals surface area contributed by atoms with Gasteiger partial charge in [-0.3, -0.25) is 4.79 Å². The number of carbonyl (C=O) groups excluding carboxylic acids is 1. The van der Waals surface area contributed by atoms with Crippen molar-refractivity contribution in [3.63, 3.8) is 0 Å². The lowest BCUT2D eigenvalue weighted by Gasteiger charge is -2.03. The number of ketones is 1. The smallest absolute Gasteiger partial charge is 0.193 e. The summed E-state index contributed by atoms with van der Waals surface area (Å²) in [6, 6.07) is 13.0. The maximum absolute atomic E-state index is 12.2. The molecule has 0 atom stereocenters. The Morgan fingerprint density at radius 3 is 2.16 bits per heavy atom. The second-order valence-electron chi connectivity index (χ2n) is 4.14. The van der Waals surface area contributed by atoms with E-state index in [1.165, 1.54) is 24.3 Å². The zero-order chi connectivity index (χ0) is 14.0. The first-order chi connectivity index (χ1) is 8.88. The topological polar surface area (TPSA) is 51.2 Å². The Kier molecular flexibility index (Phi) is 3.87. The zero-order valence-corrected chi connectivity index (χ0v) is 12.5. The second kappa shape index (κ2) is 5.27. The minimum Gasteiger partial charge on any atom is -0.289 e. The average Bonchev–Trinajstić information content (AvgIpc) is 2.37. The van der Waals surface area contributed by atoms with Crippen molar-refractivity contribution < 1.29 is 13.2 Å². The number of carbonyl (C=O) groups is 1. The molecule has 2 rings (SSSR count). The fraction of sp³-hybridized carbons (Fsp3) is 0.0714. The Hall–Kier alpha value is -1.46. The molecular formula is C14H11BrO3S. The van der Waals surface area contributed by atoms with Gasteiger partial charge in [-0.05, 0) is 36.4 Å². The third-order valence-corrected chi connectivity index (χ3v) is 4.25. The predicted octanol–water partition coefficient (Wildman–Crippen LogP) is 3.08. The molecule has 2 aromatic carbocycles. The fourth-order valence-electron chi connectivity index (χ4n) is 1.65. The van der Waals surface area contributed by atoms with Gasteiger partial charge in [-0.2, -0.15) is 0 Å². The van der Waals surface area contributed by atoms with Crippen LogP contribution < -0.4 is 0 Å². The molecule has 0 aliphatic heterocycles. The van der Waals surface area contributed by atoms with Crippen LogP contribution in [0.1, 0.15) is 15.9 Å². The largest absolute Gasteiger partial charge is 0.289 e. The molecule has 3 nitrogen and oxygen atoms in total. The molecule has 0 heterocycles. The highest BCUT2D eigenvalue weighted by molar-refractivity contribution is 9.10. The summed E-state index contributed by atoms with van der Waals surface area (Å²) in [5, 5.41) is 0.